The number of carboxylic acid groups (broad SMARTS) is 1. The molecule has 3 aromatic heterocycles. The van der Waals surface area contributed by atoms with E-state index in [0.717, 1.165) is 11.3 Å². The topological polar surface area (TPSA) is 134 Å². The smallest absolute Gasteiger partial charge is 0.335 e. The lowest BCUT2D eigenvalue weighted by molar-refractivity contribution is -0.117. The first kappa shape index (κ1) is 22.9. The molecule has 9 nitrogen and oxygen atoms in total. The predicted octanol–water partition coefficient (Wildman–Crippen LogP) is 5.57. The summed E-state index contributed by atoms with van der Waals surface area (Å²) in [6.45, 7) is 0. The van der Waals surface area contributed by atoms with E-state index < -0.39 is 29.5 Å². The number of furan rings is 1. The number of ketones is 1. The number of thiazole rings is 1. The van der Waals surface area contributed by atoms with Crippen LogP contribution in [0.2, 0.25) is 5.02 Å². The van der Waals surface area contributed by atoms with Crippen LogP contribution in [0, 0.1) is 0 Å². The van der Waals surface area contributed by atoms with E-state index in [1.807, 2.05) is 0 Å². The number of aliphatic hydroxyl groups excluding tert-OH is 1. The van der Waals surface area contributed by atoms with E-state index in [1.165, 1.54) is 35.4 Å². The second kappa shape index (κ2) is 8.54. The Morgan fingerprint density at radius 3 is 2.68 bits per heavy atom. The number of hydrogen-bond acceptors (Lipinski definition) is 8. The van der Waals surface area contributed by atoms with Gasteiger partial charge in [-0.25, -0.2) is 9.78 Å². The average Bonchev–Trinajstić information content (AvgIpc) is 3.57. The molecule has 2 N–H and O–H groups in total. The number of amides is 1. The van der Waals surface area contributed by atoms with Crippen LogP contribution in [0.1, 0.15) is 32.6 Å². The van der Waals surface area contributed by atoms with Crippen LogP contribution in [0.15, 0.2) is 82.6 Å². The van der Waals surface area contributed by atoms with Crippen LogP contribution in [0.4, 0.5) is 5.13 Å². The minimum atomic E-state index is -1.10. The largest absolute Gasteiger partial charge is 0.503 e. The number of carboxylic acids is 1. The van der Waals surface area contributed by atoms with Gasteiger partial charge in [0.25, 0.3) is 5.91 Å². The summed E-state index contributed by atoms with van der Waals surface area (Å²) in [4.78, 5) is 48.4. The fraction of sp³-hybridized carbons (Fsp3) is 0.0385. The van der Waals surface area contributed by atoms with Gasteiger partial charge in [0.05, 0.1) is 27.0 Å². The maximum Gasteiger partial charge on any atom is 0.335 e. The maximum absolute atomic E-state index is 13.7. The van der Waals surface area contributed by atoms with Gasteiger partial charge >= 0.3 is 5.97 Å². The van der Waals surface area contributed by atoms with E-state index in [9.17, 15) is 24.6 Å². The van der Waals surface area contributed by atoms with Crippen molar-refractivity contribution in [1.82, 2.24) is 9.97 Å². The Kier molecular flexibility index (Phi) is 5.28. The predicted molar refractivity (Wildman–Crippen MR) is 136 cm³/mol. The summed E-state index contributed by atoms with van der Waals surface area (Å²) in [6.07, 6.45) is 1.51. The number of hydrogen-bond donors (Lipinski definition) is 2. The van der Waals surface area contributed by atoms with Crippen LogP contribution in [-0.4, -0.2) is 37.8 Å². The molecular weight excluding hydrogens is 518 g/mol. The molecular formula is C26H14ClN3O6S. The van der Waals surface area contributed by atoms with Gasteiger partial charge in [0.1, 0.15) is 11.6 Å². The summed E-state index contributed by atoms with van der Waals surface area (Å²) in [5.74, 6) is -3.45. The first-order valence-corrected chi connectivity index (χ1v) is 12.1. The number of nitrogens with zero attached hydrogens (tertiary/aromatic N) is 3. The van der Waals surface area contributed by atoms with Crippen LogP contribution in [0.3, 0.4) is 0 Å². The number of aromatic nitrogens is 2. The number of benzene rings is 2. The van der Waals surface area contributed by atoms with Crippen LogP contribution < -0.4 is 4.90 Å². The number of pyridine rings is 1. The molecule has 0 fully saturated rings. The monoisotopic (exact) mass is 531 g/mol. The first-order valence-electron chi connectivity index (χ1n) is 10.9. The molecule has 4 heterocycles. The number of fused-ring (bicyclic) bond motifs is 2. The standard InChI is InChI=1S/C26H14ClN3O6S/c27-14-5-7-17-13(9-14)10-18(36-17)22(31)20-21(16-3-1-2-8-28-16)30(24(33)23(20)32)26-29-15-6-4-12(25(34)35)11-19(15)37-26/h1-11,21,32H,(H,34,35). The zero-order chi connectivity index (χ0) is 25.8. The van der Waals surface area contributed by atoms with Crippen molar-refractivity contribution in [2.24, 2.45) is 0 Å². The normalized spacial score (nSPS) is 15.8. The molecule has 1 aliphatic heterocycles. The summed E-state index contributed by atoms with van der Waals surface area (Å²) in [6, 6.07) is 14.7. The van der Waals surface area contributed by atoms with Gasteiger partial charge in [0, 0.05) is 16.6 Å². The average molecular weight is 532 g/mol. The number of Topliss-reactive ketones (excluding diaryl/α,β-unsaturated/α-hetero) is 1. The second-order valence-corrected chi connectivity index (χ2v) is 9.65. The highest BCUT2D eigenvalue weighted by molar-refractivity contribution is 7.22. The highest BCUT2D eigenvalue weighted by Gasteiger charge is 2.47. The van der Waals surface area contributed by atoms with Gasteiger partial charge in [-0.2, -0.15) is 0 Å². The summed E-state index contributed by atoms with van der Waals surface area (Å²) < 4.78 is 6.24. The van der Waals surface area contributed by atoms with Crippen molar-refractivity contribution in [2.45, 2.75) is 6.04 Å². The van der Waals surface area contributed by atoms with Crippen LogP contribution >= 0.6 is 22.9 Å². The van der Waals surface area contributed by atoms with E-state index in [2.05, 4.69) is 9.97 Å². The maximum atomic E-state index is 13.7. The minimum absolute atomic E-state index is 0.0681. The lowest BCUT2D eigenvalue weighted by Gasteiger charge is -2.23. The van der Waals surface area contributed by atoms with E-state index in [1.54, 1.807) is 36.4 Å². The Balaban J connectivity index is 1.49. The van der Waals surface area contributed by atoms with Gasteiger partial charge < -0.3 is 14.6 Å². The SMILES string of the molecule is O=C(O)c1ccc2nc(N3C(=O)C(O)=C(C(=O)c4cc5cc(Cl)ccc5o4)C3c3ccccn3)sc2c1. The summed E-state index contributed by atoms with van der Waals surface area (Å²) >= 11 is 7.11. The fourth-order valence-corrected chi connectivity index (χ4v) is 5.47. The lowest BCUT2D eigenvalue weighted by Crippen LogP contribution is -2.31. The number of carbonyl (C=O) groups excluding carboxylic acids is 2. The van der Waals surface area contributed by atoms with E-state index in [-0.39, 0.29) is 22.0 Å². The Bertz CT molecular complexity index is 1790. The fourth-order valence-electron chi connectivity index (χ4n) is 4.26. The molecule has 1 atom stereocenters. The molecule has 11 heteroatoms. The third kappa shape index (κ3) is 3.74. The van der Waals surface area contributed by atoms with Crippen molar-refractivity contribution in [3.63, 3.8) is 0 Å². The lowest BCUT2D eigenvalue weighted by atomic mass is 9.98. The molecule has 0 spiro atoms. The molecule has 37 heavy (non-hydrogen) atoms. The number of aliphatic hydroxyl groups is 1. The molecule has 2 aromatic carbocycles. The van der Waals surface area contributed by atoms with Crippen LogP contribution in [0.5, 0.6) is 0 Å². The molecule has 1 aliphatic rings. The third-order valence-electron chi connectivity index (χ3n) is 5.95. The minimum Gasteiger partial charge on any atom is -0.503 e. The Labute approximate surface area is 216 Å². The number of halogens is 1. The molecule has 0 radical (unpaired) electrons. The van der Waals surface area contributed by atoms with E-state index in [0.29, 0.717) is 31.9 Å². The van der Waals surface area contributed by atoms with Crippen molar-refractivity contribution in [1.29, 1.82) is 0 Å². The van der Waals surface area contributed by atoms with Gasteiger partial charge in [0.2, 0.25) is 5.78 Å². The third-order valence-corrected chi connectivity index (χ3v) is 7.21. The Morgan fingerprint density at radius 1 is 1.08 bits per heavy atom. The van der Waals surface area contributed by atoms with Crippen molar-refractivity contribution < 1.29 is 29.0 Å². The van der Waals surface area contributed by atoms with Crippen molar-refractivity contribution in [3.05, 3.63) is 100 Å². The summed E-state index contributed by atoms with van der Waals surface area (Å²) in [7, 11) is 0. The molecule has 1 unspecified atom stereocenters. The molecule has 0 bridgehead atoms. The molecule has 1 amide bonds. The molecule has 0 saturated heterocycles. The summed E-state index contributed by atoms with van der Waals surface area (Å²) in [5.41, 5.74) is 1.07. The Morgan fingerprint density at radius 2 is 1.92 bits per heavy atom. The van der Waals surface area contributed by atoms with Gasteiger partial charge in [-0.3, -0.25) is 19.5 Å². The molecule has 0 saturated carbocycles. The van der Waals surface area contributed by atoms with Gasteiger partial charge in [-0.15, -0.1) is 0 Å². The highest BCUT2D eigenvalue weighted by atomic mass is 35.5. The quantitative estimate of drug-likeness (QED) is 0.281. The van der Waals surface area contributed by atoms with Crippen LogP contribution in [-0.2, 0) is 4.79 Å². The first-order chi connectivity index (χ1) is 17.8. The molecule has 6 rings (SSSR count). The molecule has 182 valence electrons. The number of aromatic carboxylic acids is 1. The molecule has 0 aliphatic carbocycles. The van der Waals surface area contributed by atoms with Gasteiger partial charge in [0.15, 0.2) is 16.7 Å². The number of carbonyl (C=O) groups is 3. The van der Waals surface area contributed by atoms with Crippen molar-refractivity contribution >= 4 is 66.9 Å². The molecule has 5 aromatic rings. The number of anilines is 1. The zero-order valence-electron chi connectivity index (χ0n) is 18.6. The highest BCUT2D eigenvalue weighted by Crippen LogP contribution is 2.44. The van der Waals surface area contributed by atoms with Crippen molar-refractivity contribution in [3.8, 4) is 0 Å². The summed E-state index contributed by atoms with van der Waals surface area (Å²) in [5, 5.41) is 21.5. The Hall–Kier alpha value is -4.54. The van der Waals surface area contributed by atoms with E-state index >= 15 is 0 Å². The second-order valence-electron chi connectivity index (χ2n) is 8.20. The van der Waals surface area contributed by atoms with Gasteiger partial charge in [-0.1, -0.05) is 29.0 Å². The van der Waals surface area contributed by atoms with Crippen molar-refractivity contribution in [2.75, 3.05) is 4.90 Å². The number of rotatable bonds is 5. The zero-order valence-corrected chi connectivity index (χ0v) is 20.2. The van der Waals surface area contributed by atoms with Gasteiger partial charge in [-0.05, 0) is 54.6 Å². The van der Waals surface area contributed by atoms with Crippen LogP contribution in [0.25, 0.3) is 21.2 Å². The van der Waals surface area contributed by atoms with E-state index in [4.69, 9.17) is 16.0 Å².